The fraction of sp³-hybridized carbons (Fsp3) is 0.562. The van der Waals surface area contributed by atoms with Gasteiger partial charge in [0.1, 0.15) is 11.6 Å². The lowest BCUT2D eigenvalue weighted by molar-refractivity contribution is 0.321. The molecular formula is C16H21ClN2OS. The first-order valence-corrected chi connectivity index (χ1v) is 9.11. The van der Waals surface area contributed by atoms with Crippen LogP contribution in [0.15, 0.2) is 18.2 Å². The molecule has 3 nitrogen and oxygen atoms in total. The van der Waals surface area contributed by atoms with E-state index in [9.17, 15) is 0 Å². The first-order valence-electron chi connectivity index (χ1n) is 7.35. The van der Waals surface area contributed by atoms with E-state index < -0.39 is 0 Å². The van der Waals surface area contributed by atoms with Crippen molar-refractivity contribution < 1.29 is 4.74 Å². The van der Waals surface area contributed by atoms with Gasteiger partial charge in [0.05, 0.1) is 18.1 Å². The summed E-state index contributed by atoms with van der Waals surface area (Å²) in [5.41, 5.74) is 2.20. The van der Waals surface area contributed by atoms with Crippen LogP contribution in [0.2, 0.25) is 0 Å². The SMILES string of the molecule is COc1ccc2nc(CCCl)n(CC3(SC)CCC3)c2c1. The standard InChI is InChI=1S/C16H21ClN2OS/c1-20-12-4-5-13-14(10-12)19(15(18-13)6-9-17)11-16(21-2)7-3-8-16/h4-5,10H,3,6-9,11H2,1-2H3. The molecule has 2 aromatic rings. The molecule has 0 spiro atoms. The minimum Gasteiger partial charge on any atom is -0.497 e. The third kappa shape index (κ3) is 2.76. The van der Waals surface area contributed by atoms with E-state index in [0.29, 0.717) is 10.6 Å². The fourth-order valence-electron chi connectivity index (χ4n) is 3.02. The summed E-state index contributed by atoms with van der Waals surface area (Å²) in [5, 5.41) is 0. The molecule has 0 aliphatic heterocycles. The molecule has 5 heteroatoms. The minimum absolute atomic E-state index is 0.373. The van der Waals surface area contributed by atoms with Crippen molar-refractivity contribution in [2.24, 2.45) is 0 Å². The molecule has 0 saturated heterocycles. The van der Waals surface area contributed by atoms with Crippen LogP contribution >= 0.6 is 23.4 Å². The number of aromatic nitrogens is 2. The maximum Gasteiger partial charge on any atom is 0.121 e. The summed E-state index contributed by atoms with van der Waals surface area (Å²) in [6.45, 7) is 1.02. The Morgan fingerprint density at radius 3 is 2.81 bits per heavy atom. The molecular weight excluding hydrogens is 304 g/mol. The second kappa shape index (κ2) is 6.09. The maximum atomic E-state index is 5.96. The zero-order chi connectivity index (χ0) is 14.9. The lowest BCUT2D eigenvalue weighted by atomic mass is 9.84. The first kappa shape index (κ1) is 15.0. The maximum absolute atomic E-state index is 5.96. The summed E-state index contributed by atoms with van der Waals surface area (Å²) in [6, 6.07) is 6.10. The van der Waals surface area contributed by atoms with Gasteiger partial charge in [-0.2, -0.15) is 11.8 Å². The van der Waals surface area contributed by atoms with E-state index in [4.69, 9.17) is 21.3 Å². The summed E-state index contributed by atoms with van der Waals surface area (Å²) >= 11 is 7.95. The molecule has 1 fully saturated rings. The van der Waals surface area contributed by atoms with Crippen LogP contribution in [0.3, 0.4) is 0 Å². The number of fused-ring (bicyclic) bond motifs is 1. The highest BCUT2D eigenvalue weighted by atomic mass is 35.5. The van der Waals surface area contributed by atoms with Gasteiger partial charge in [0, 0.05) is 29.7 Å². The Morgan fingerprint density at radius 2 is 2.24 bits per heavy atom. The van der Waals surface area contributed by atoms with Gasteiger partial charge < -0.3 is 9.30 Å². The Morgan fingerprint density at radius 1 is 1.43 bits per heavy atom. The zero-order valence-corrected chi connectivity index (χ0v) is 14.1. The molecule has 21 heavy (non-hydrogen) atoms. The quantitative estimate of drug-likeness (QED) is 0.748. The molecule has 1 heterocycles. The average Bonchev–Trinajstić information content (AvgIpc) is 2.80. The zero-order valence-electron chi connectivity index (χ0n) is 12.6. The van der Waals surface area contributed by atoms with Crippen molar-refractivity contribution in [3.05, 3.63) is 24.0 Å². The molecule has 0 N–H and O–H groups in total. The summed E-state index contributed by atoms with van der Waals surface area (Å²) in [6.07, 6.45) is 6.95. The monoisotopic (exact) mass is 324 g/mol. The van der Waals surface area contributed by atoms with Crippen molar-refractivity contribution in [1.29, 1.82) is 0 Å². The topological polar surface area (TPSA) is 27.1 Å². The Balaban J connectivity index is 2.05. The molecule has 3 rings (SSSR count). The van der Waals surface area contributed by atoms with Crippen LogP contribution in [0.1, 0.15) is 25.1 Å². The van der Waals surface area contributed by atoms with Gasteiger partial charge in [0.15, 0.2) is 0 Å². The van der Waals surface area contributed by atoms with Crippen molar-refractivity contribution in [3.8, 4) is 5.75 Å². The fourth-order valence-corrected chi connectivity index (χ4v) is 4.14. The number of methoxy groups -OCH3 is 1. The number of alkyl halides is 1. The average molecular weight is 325 g/mol. The second-order valence-electron chi connectivity index (χ2n) is 5.65. The van der Waals surface area contributed by atoms with E-state index in [0.717, 1.165) is 35.6 Å². The second-order valence-corrected chi connectivity index (χ2v) is 7.30. The van der Waals surface area contributed by atoms with Crippen LogP contribution in [0, 0.1) is 0 Å². The predicted molar refractivity (Wildman–Crippen MR) is 90.8 cm³/mol. The molecule has 1 aliphatic rings. The predicted octanol–water partition coefficient (Wildman–Crippen LogP) is 4.11. The number of hydrogen-bond acceptors (Lipinski definition) is 3. The van der Waals surface area contributed by atoms with E-state index in [1.54, 1.807) is 7.11 Å². The smallest absolute Gasteiger partial charge is 0.121 e. The molecule has 0 radical (unpaired) electrons. The van der Waals surface area contributed by atoms with Crippen LogP contribution in [0.5, 0.6) is 5.75 Å². The molecule has 0 amide bonds. The van der Waals surface area contributed by atoms with Crippen LogP contribution in [0.25, 0.3) is 11.0 Å². The summed E-state index contributed by atoms with van der Waals surface area (Å²) in [7, 11) is 1.71. The summed E-state index contributed by atoms with van der Waals surface area (Å²) in [5.74, 6) is 2.58. The molecule has 1 saturated carbocycles. The largest absolute Gasteiger partial charge is 0.497 e. The Bertz CT molecular complexity index is 631. The Kier molecular flexibility index (Phi) is 4.36. The number of halogens is 1. The van der Waals surface area contributed by atoms with Gasteiger partial charge in [-0.25, -0.2) is 4.98 Å². The van der Waals surface area contributed by atoms with Crippen LogP contribution in [-0.2, 0) is 13.0 Å². The van der Waals surface area contributed by atoms with Gasteiger partial charge in [-0.3, -0.25) is 0 Å². The lowest BCUT2D eigenvalue weighted by Crippen LogP contribution is -2.38. The minimum atomic E-state index is 0.373. The van der Waals surface area contributed by atoms with Gasteiger partial charge in [-0.1, -0.05) is 6.42 Å². The molecule has 1 aromatic carbocycles. The van der Waals surface area contributed by atoms with Crippen LogP contribution in [0.4, 0.5) is 0 Å². The lowest BCUT2D eigenvalue weighted by Gasteiger charge is -2.41. The van der Waals surface area contributed by atoms with Crippen molar-refractivity contribution in [3.63, 3.8) is 0 Å². The Labute approximate surface area is 135 Å². The summed E-state index contributed by atoms with van der Waals surface area (Å²) in [4.78, 5) is 4.77. The molecule has 0 bridgehead atoms. The highest BCUT2D eigenvalue weighted by molar-refractivity contribution is 8.00. The van der Waals surface area contributed by atoms with Gasteiger partial charge in [-0.05, 0) is 31.2 Å². The first-order chi connectivity index (χ1) is 10.2. The molecule has 0 atom stereocenters. The van der Waals surface area contributed by atoms with E-state index in [2.05, 4.69) is 16.9 Å². The third-order valence-electron chi connectivity index (χ3n) is 4.50. The van der Waals surface area contributed by atoms with E-state index >= 15 is 0 Å². The number of thioether (sulfide) groups is 1. The van der Waals surface area contributed by atoms with Crippen LogP contribution in [-0.4, -0.2) is 33.5 Å². The van der Waals surface area contributed by atoms with E-state index in [1.165, 1.54) is 19.3 Å². The number of rotatable bonds is 6. The number of imidazole rings is 1. The van der Waals surface area contributed by atoms with Gasteiger partial charge in [0.2, 0.25) is 0 Å². The Hall–Kier alpha value is -0.870. The van der Waals surface area contributed by atoms with E-state index in [1.807, 2.05) is 23.9 Å². The normalized spacial score (nSPS) is 16.9. The van der Waals surface area contributed by atoms with Gasteiger partial charge in [-0.15, -0.1) is 11.6 Å². The highest BCUT2D eigenvalue weighted by Crippen LogP contribution is 2.44. The number of hydrogen-bond donors (Lipinski definition) is 0. The number of benzene rings is 1. The van der Waals surface area contributed by atoms with Crippen LogP contribution < -0.4 is 4.74 Å². The highest BCUT2D eigenvalue weighted by Gasteiger charge is 2.37. The number of aryl methyl sites for hydroxylation is 1. The molecule has 114 valence electrons. The summed E-state index contributed by atoms with van der Waals surface area (Å²) < 4.78 is 8.10. The number of nitrogens with zero attached hydrogens (tertiary/aromatic N) is 2. The van der Waals surface area contributed by atoms with Crippen molar-refractivity contribution in [1.82, 2.24) is 9.55 Å². The van der Waals surface area contributed by atoms with Crippen molar-refractivity contribution >= 4 is 34.4 Å². The molecule has 1 aromatic heterocycles. The van der Waals surface area contributed by atoms with Gasteiger partial charge >= 0.3 is 0 Å². The van der Waals surface area contributed by atoms with Gasteiger partial charge in [0.25, 0.3) is 0 Å². The van der Waals surface area contributed by atoms with Crippen molar-refractivity contribution in [2.45, 2.75) is 37.0 Å². The number of ether oxygens (including phenoxy) is 1. The molecule has 0 unspecified atom stereocenters. The molecule has 1 aliphatic carbocycles. The van der Waals surface area contributed by atoms with E-state index in [-0.39, 0.29) is 0 Å². The third-order valence-corrected chi connectivity index (χ3v) is 6.09. The van der Waals surface area contributed by atoms with Crippen molar-refractivity contribution in [2.75, 3.05) is 19.2 Å².